The lowest BCUT2D eigenvalue weighted by Crippen LogP contribution is -2.16. The Morgan fingerprint density at radius 3 is 3.00 bits per heavy atom. The van der Waals surface area contributed by atoms with Crippen LogP contribution in [0.5, 0.6) is 0 Å². The first-order chi connectivity index (χ1) is 5.75. The van der Waals surface area contributed by atoms with Gasteiger partial charge in [0, 0.05) is 6.42 Å². The van der Waals surface area contributed by atoms with Crippen LogP contribution in [-0.4, -0.2) is 12.1 Å². The van der Waals surface area contributed by atoms with Crippen LogP contribution in [-0.2, 0) is 9.53 Å². The molecule has 2 heteroatoms. The Morgan fingerprint density at radius 1 is 1.33 bits per heavy atom. The van der Waals surface area contributed by atoms with E-state index in [9.17, 15) is 4.79 Å². The molecule has 66 valence electrons. The van der Waals surface area contributed by atoms with Gasteiger partial charge in [0.2, 0.25) is 0 Å². The van der Waals surface area contributed by atoms with E-state index in [1.54, 1.807) is 0 Å². The van der Waals surface area contributed by atoms with Crippen LogP contribution in [0.4, 0.5) is 0 Å². The molecule has 0 spiro atoms. The number of carbonyl (C=O) groups is 1. The number of carbonyl (C=O) groups excluding carboxylic acids is 1. The molecule has 2 saturated heterocycles. The SMILES string of the molecule is C=C1C[C@@H]2CCC[C@H](C1)C(=O)O2. The molecule has 0 amide bonds. The van der Waals surface area contributed by atoms with Crippen LogP contribution in [0.2, 0.25) is 0 Å². The summed E-state index contributed by atoms with van der Waals surface area (Å²) in [5, 5.41) is 0. The minimum absolute atomic E-state index is 0.0103. The third kappa shape index (κ3) is 1.38. The smallest absolute Gasteiger partial charge is 0.309 e. The van der Waals surface area contributed by atoms with Crippen molar-refractivity contribution in [1.82, 2.24) is 0 Å². The second-order valence-corrected chi connectivity index (χ2v) is 3.84. The highest BCUT2D eigenvalue weighted by Crippen LogP contribution is 2.32. The van der Waals surface area contributed by atoms with Crippen molar-refractivity contribution in [2.75, 3.05) is 0 Å². The third-order valence-electron chi connectivity index (χ3n) is 2.75. The Bertz CT molecular complexity index is 220. The fourth-order valence-corrected chi connectivity index (χ4v) is 2.11. The lowest BCUT2D eigenvalue weighted by Gasteiger charge is -2.13. The van der Waals surface area contributed by atoms with Crippen molar-refractivity contribution in [1.29, 1.82) is 0 Å². The number of fused-ring (bicyclic) bond motifs is 3. The molecule has 0 aromatic carbocycles. The van der Waals surface area contributed by atoms with Crippen molar-refractivity contribution in [3.05, 3.63) is 12.2 Å². The number of hydrogen-bond acceptors (Lipinski definition) is 2. The number of ether oxygens (including phenoxy) is 1. The lowest BCUT2D eigenvalue weighted by atomic mass is 9.90. The molecule has 0 N–H and O–H groups in total. The van der Waals surface area contributed by atoms with E-state index in [0.29, 0.717) is 0 Å². The average Bonchev–Trinajstić information content (AvgIpc) is 2.18. The lowest BCUT2D eigenvalue weighted by molar-refractivity contribution is -0.151. The van der Waals surface area contributed by atoms with E-state index in [4.69, 9.17) is 4.74 Å². The fraction of sp³-hybridized carbons (Fsp3) is 0.700. The predicted octanol–water partition coefficient (Wildman–Crippen LogP) is 2.05. The maximum atomic E-state index is 11.4. The van der Waals surface area contributed by atoms with Gasteiger partial charge in [-0.15, -0.1) is 0 Å². The minimum atomic E-state index is 0.0103. The Kier molecular flexibility index (Phi) is 1.91. The number of esters is 1. The summed E-state index contributed by atoms with van der Waals surface area (Å²) in [6.07, 6.45) is 5.04. The first kappa shape index (κ1) is 7.84. The summed E-state index contributed by atoms with van der Waals surface area (Å²) in [4.78, 5) is 11.4. The van der Waals surface area contributed by atoms with Gasteiger partial charge in [0.15, 0.2) is 0 Å². The molecule has 2 aliphatic rings. The van der Waals surface area contributed by atoms with Gasteiger partial charge in [0.25, 0.3) is 0 Å². The average molecular weight is 166 g/mol. The quantitative estimate of drug-likeness (QED) is 0.406. The standard InChI is InChI=1S/C10H14O2/c1-7-5-8-3-2-4-9(6-7)12-10(8)11/h8-9H,1-6H2/t8-,9+/m1/s1. The van der Waals surface area contributed by atoms with Gasteiger partial charge >= 0.3 is 5.97 Å². The van der Waals surface area contributed by atoms with Gasteiger partial charge in [-0.25, -0.2) is 0 Å². The van der Waals surface area contributed by atoms with Crippen LogP contribution in [0.25, 0.3) is 0 Å². The van der Waals surface area contributed by atoms with Crippen LogP contribution in [0.15, 0.2) is 12.2 Å². The summed E-state index contributed by atoms with van der Waals surface area (Å²) in [5.41, 5.74) is 1.19. The van der Waals surface area contributed by atoms with E-state index in [0.717, 1.165) is 32.1 Å². The van der Waals surface area contributed by atoms with E-state index < -0.39 is 0 Å². The Morgan fingerprint density at radius 2 is 2.17 bits per heavy atom. The Labute approximate surface area is 72.6 Å². The number of rotatable bonds is 0. The summed E-state index contributed by atoms with van der Waals surface area (Å²) >= 11 is 0. The highest BCUT2D eigenvalue weighted by Gasteiger charge is 2.31. The molecule has 0 saturated carbocycles. The first-order valence-electron chi connectivity index (χ1n) is 4.63. The molecule has 12 heavy (non-hydrogen) atoms. The van der Waals surface area contributed by atoms with E-state index in [2.05, 4.69) is 6.58 Å². The molecule has 2 bridgehead atoms. The van der Waals surface area contributed by atoms with Crippen molar-refractivity contribution < 1.29 is 9.53 Å². The van der Waals surface area contributed by atoms with Gasteiger partial charge < -0.3 is 4.74 Å². The van der Waals surface area contributed by atoms with Crippen LogP contribution in [0.3, 0.4) is 0 Å². The molecule has 0 radical (unpaired) electrons. The van der Waals surface area contributed by atoms with E-state index in [1.807, 2.05) is 0 Å². The zero-order valence-corrected chi connectivity index (χ0v) is 7.21. The largest absolute Gasteiger partial charge is 0.462 e. The van der Waals surface area contributed by atoms with Crippen LogP contribution in [0.1, 0.15) is 32.1 Å². The molecule has 0 unspecified atom stereocenters. The summed E-state index contributed by atoms with van der Waals surface area (Å²) in [6.45, 7) is 3.96. The maximum absolute atomic E-state index is 11.4. The van der Waals surface area contributed by atoms with Crippen LogP contribution >= 0.6 is 0 Å². The van der Waals surface area contributed by atoms with Gasteiger partial charge in [-0.05, 0) is 25.7 Å². The maximum Gasteiger partial charge on any atom is 0.309 e. The van der Waals surface area contributed by atoms with Crippen molar-refractivity contribution >= 4 is 5.97 Å². The van der Waals surface area contributed by atoms with Gasteiger partial charge in [-0.1, -0.05) is 12.2 Å². The molecule has 2 heterocycles. The molecule has 2 fully saturated rings. The molecular formula is C10H14O2. The topological polar surface area (TPSA) is 26.3 Å². The molecule has 2 rings (SSSR count). The monoisotopic (exact) mass is 166 g/mol. The predicted molar refractivity (Wildman–Crippen MR) is 45.6 cm³/mol. The molecule has 0 aromatic heterocycles. The van der Waals surface area contributed by atoms with Gasteiger partial charge in [-0.2, -0.15) is 0 Å². The second-order valence-electron chi connectivity index (χ2n) is 3.84. The zero-order chi connectivity index (χ0) is 8.55. The summed E-state index contributed by atoms with van der Waals surface area (Å²) in [7, 11) is 0. The van der Waals surface area contributed by atoms with Gasteiger partial charge in [0.1, 0.15) is 6.10 Å². The van der Waals surface area contributed by atoms with Crippen LogP contribution in [0, 0.1) is 5.92 Å². The molecule has 2 atom stereocenters. The molecule has 2 aliphatic heterocycles. The summed E-state index contributed by atoms with van der Waals surface area (Å²) in [5.74, 6) is 0.126. The zero-order valence-electron chi connectivity index (χ0n) is 7.21. The van der Waals surface area contributed by atoms with Gasteiger partial charge in [0.05, 0.1) is 5.92 Å². The second kappa shape index (κ2) is 2.92. The van der Waals surface area contributed by atoms with Crippen molar-refractivity contribution in [3.63, 3.8) is 0 Å². The third-order valence-corrected chi connectivity index (χ3v) is 2.75. The molecule has 0 aromatic rings. The minimum Gasteiger partial charge on any atom is -0.462 e. The highest BCUT2D eigenvalue weighted by atomic mass is 16.5. The Hall–Kier alpha value is -0.790. The highest BCUT2D eigenvalue weighted by molar-refractivity contribution is 5.73. The van der Waals surface area contributed by atoms with Crippen molar-refractivity contribution in [2.45, 2.75) is 38.2 Å². The molecular weight excluding hydrogens is 152 g/mol. The van der Waals surface area contributed by atoms with Gasteiger partial charge in [-0.3, -0.25) is 4.79 Å². The normalized spacial score (nSPS) is 35.7. The first-order valence-corrected chi connectivity index (χ1v) is 4.63. The van der Waals surface area contributed by atoms with E-state index in [-0.39, 0.29) is 18.0 Å². The fourth-order valence-electron chi connectivity index (χ4n) is 2.11. The van der Waals surface area contributed by atoms with Crippen LogP contribution < -0.4 is 0 Å². The summed E-state index contributed by atoms with van der Waals surface area (Å²) in [6, 6.07) is 0. The van der Waals surface area contributed by atoms with E-state index >= 15 is 0 Å². The molecule has 0 aliphatic carbocycles. The Balaban J connectivity index is 2.21. The summed E-state index contributed by atoms with van der Waals surface area (Å²) < 4.78 is 5.31. The molecule has 2 nitrogen and oxygen atoms in total. The number of hydrogen-bond donors (Lipinski definition) is 0. The van der Waals surface area contributed by atoms with E-state index in [1.165, 1.54) is 5.57 Å². The van der Waals surface area contributed by atoms with Crippen molar-refractivity contribution in [3.8, 4) is 0 Å². The van der Waals surface area contributed by atoms with Crippen molar-refractivity contribution in [2.24, 2.45) is 5.92 Å².